The predicted octanol–water partition coefficient (Wildman–Crippen LogP) is 2.16. The van der Waals surface area contributed by atoms with E-state index >= 15 is 0 Å². The molecule has 4 rings (SSSR count). The molecule has 3 heterocycles. The maximum Gasteiger partial charge on any atom is 0.263 e. The van der Waals surface area contributed by atoms with Gasteiger partial charge in [0.25, 0.3) is 11.5 Å². The summed E-state index contributed by atoms with van der Waals surface area (Å²) in [7, 11) is 0. The average Bonchev–Trinajstić information content (AvgIpc) is 3.11. The van der Waals surface area contributed by atoms with Crippen molar-refractivity contribution in [2.75, 3.05) is 13.1 Å². The Balaban J connectivity index is 1.61. The summed E-state index contributed by atoms with van der Waals surface area (Å²) in [6.45, 7) is 7.58. The Bertz CT molecular complexity index is 938. The van der Waals surface area contributed by atoms with Gasteiger partial charge in [-0.15, -0.1) is 0 Å². The molecule has 1 amide bonds. The lowest BCUT2D eigenvalue weighted by Crippen LogP contribution is -2.49. The highest BCUT2D eigenvalue weighted by Gasteiger charge is 2.42. The Labute approximate surface area is 165 Å². The summed E-state index contributed by atoms with van der Waals surface area (Å²) < 4.78 is 1.68. The standard InChI is InChI=1S/C22H28N4O2/c1-4-26-15(3)12-14(2)19(22(26)28)21(27)25-11-10-18-17(13-25)20(24-23-18)16-8-6-5-7-9-16/h5-9,12,17-18,20,23-24H,4,10-11,13H2,1-3H3. The van der Waals surface area contributed by atoms with E-state index in [4.69, 9.17) is 0 Å². The van der Waals surface area contributed by atoms with E-state index in [1.165, 1.54) is 5.56 Å². The van der Waals surface area contributed by atoms with Crippen LogP contribution in [0.2, 0.25) is 0 Å². The number of benzene rings is 1. The van der Waals surface area contributed by atoms with Crippen LogP contribution >= 0.6 is 0 Å². The molecule has 1 aromatic heterocycles. The van der Waals surface area contributed by atoms with Gasteiger partial charge < -0.3 is 9.47 Å². The highest BCUT2D eigenvalue weighted by molar-refractivity contribution is 5.95. The fourth-order valence-electron chi connectivity index (χ4n) is 4.72. The van der Waals surface area contributed by atoms with Crippen LogP contribution in [0.5, 0.6) is 0 Å². The lowest BCUT2D eigenvalue weighted by Gasteiger charge is -2.36. The zero-order valence-corrected chi connectivity index (χ0v) is 16.7. The number of amides is 1. The van der Waals surface area contributed by atoms with Crippen molar-refractivity contribution >= 4 is 5.91 Å². The number of nitrogens with one attached hydrogen (secondary N) is 2. The summed E-state index contributed by atoms with van der Waals surface area (Å²) in [6.07, 6.45) is 0.875. The first kappa shape index (κ1) is 18.9. The van der Waals surface area contributed by atoms with E-state index in [1.54, 1.807) is 4.57 Å². The highest BCUT2D eigenvalue weighted by Crippen LogP contribution is 2.34. The molecule has 6 heteroatoms. The van der Waals surface area contributed by atoms with Crippen molar-refractivity contribution in [3.63, 3.8) is 0 Å². The molecule has 0 bridgehead atoms. The molecular formula is C22H28N4O2. The van der Waals surface area contributed by atoms with Crippen LogP contribution in [0.1, 0.15) is 46.6 Å². The molecule has 148 valence electrons. The fourth-order valence-corrected chi connectivity index (χ4v) is 4.72. The normalized spacial score (nSPS) is 24.2. The number of fused-ring (bicyclic) bond motifs is 1. The molecule has 2 aliphatic rings. The Morgan fingerprint density at radius 3 is 2.64 bits per heavy atom. The minimum Gasteiger partial charge on any atom is -0.338 e. The molecule has 2 saturated heterocycles. The van der Waals surface area contributed by atoms with E-state index in [0.29, 0.717) is 31.2 Å². The first-order valence-corrected chi connectivity index (χ1v) is 10.1. The van der Waals surface area contributed by atoms with Gasteiger partial charge >= 0.3 is 0 Å². The lowest BCUT2D eigenvalue weighted by molar-refractivity contribution is 0.0649. The molecule has 3 unspecified atom stereocenters. The van der Waals surface area contributed by atoms with Gasteiger partial charge in [-0.3, -0.25) is 15.0 Å². The van der Waals surface area contributed by atoms with Crippen LogP contribution in [0.4, 0.5) is 0 Å². The number of hydrogen-bond donors (Lipinski definition) is 2. The number of carbonyl (C=O) groups excluding carboxylic acids is 1. The minimum atomic E-state index is -0.172. The van der Waals surface area contributed by atoms with Crippen LogP contribution < -0.4 is 16.4 Å². The van der Waals surface area contributed by atoms with Crippen molar-refractivity contribution in [3.05, 3.63) is 69.1 Å². The number of rotatable bonds is 3. The van der Waals surface area contributed by atoms with Gasteiger partial charge in [0.05, 0.1) is 6.04 Å². The fraction of sp³-hybridized carbons (Fsp3) is 0.455. The van der Waals surface area contributed by atoms with Crippen molar-refractivity contribution in [3.8, 4) is 0 Å². The van der Waals surface area contributed by atoms with E-state index < -0.39 is 0 Å². The summed E-state index contributed by atoms with van der Waals surface area (Å²) in [6, 6.07) is 12.8. The molecule has 3 atom stereocenters. The van der Waals surface area contributed by atoms with Crippen molar-refractivity contribution in [2.45, 2.75) is 45.8 Å². The Hall–Kier alpha value is -2.44. The SMILES string of the molecule is CCn1c(C)cc(C)c(C(=O)N2CCC3NNC(c4ccccc4)C3C2)c1=O. The van der Waals surface area contributed by atoms with Gasteiger partial charge in [-0.1, -0.05) is 30.3 Å². The second kappa shape index (κ2) is 7.53. The van der Waals surface area contributed by atoms with E-state index in [2.05, 4.69) is 23.0 Å². The van der Waals surface area contributed by atoms with Crippen molar-refractivity contribution in [1.82, 2.24) is 20.3 Å². The predicted molar refractivity (Wildman–Crippen MR) is 109 cm³/mol. The number of pyridine rings is 1. The first-order chi connectivity index (χ1) is 13.5. The topological polar surface area (TPSA) is 66.4 Å². The molecule has 0 spiro atoms. The van der Waals surface area contributed by atoms with Crippen LogP contribution in [0.3, 0.4) is 0 Å². The molecule has 2 fully saturated rings. The van der Waals surface area contributed by atoms with Crippen LogP contribution in [-0.4, -0.2) is 34.5 Å². The second-order valence-electron chi connectivity index (χ2n) is 7.88. The molecule has 2 N–H and O–H groups in total. The minimum absolute atomic E-state index is 0.137. The smallest absolute Gasteiger partial charge is 0.263 e. The first-order valence-electron chi connectivity index (χ1n) is 10.1. The Morgan fingerprint density at radius 1 is 1.18 bits per heavy atom. The molecule has 6 nitrogen and oxygen atoms in total. The van der Waals surface area contributed by atoms with Crippen LogP contribution in [0.25, 0.3) is 0 Å². The molecular weight excluding hydrogens is 352 g/mol. The van der Waals surface area contributed by atoms with Crippen LogP contribution in [0.15, 0.2) is 41.2 Å². The van der Waals surface area contributed by atoms with Gasteiger partial charge in [-0.25, -0.2) is 5.43 Å². The highest BCUT2D eigenvalue weighted by atomic mass is 16.2. The van der Waals surface area contributed by atoms with Crippen molar-refractivity contribution in [2.24, 2.45) is 5.92 Å². The number of likely N-dealkylation sites (tertiary alicyclic amines) is 1. The Kier molecular flexibility index (Phi) is 5.08. The largest absolute Gasteiger partial charge is 0.338 e. The molecule has 28 heavy (non-hydrogen) atoms. The quantitative estimate of drug-likeness (QED) is 0.857. The second-order valence-corrected chi connectivity index (χ2v) is 7.88. The third-order valence-corrected chi connectivity index (χ3v) is 6.19. The zero-order chi connectivity index (χ0) is 19.8. The van der Waals surface area contributed by atoms with Gasteiger partial charge in [-0.2, -0.15) is 0 Å². The van der Waals surface area contributed by atoms with Gasteiger partial charge in [0, 0.05) is 37.3 Å². The summed E-state index contributed by atoms with van der Waals surface area (Å²) in [5.74, 6) is 0.140. The van der Waals surface area contributed by atoms with Gasteiger partial charge in [-0.05, 0) is 44.4 Å². The number of piperidine rings is 1. The van der Waals surface area contributed by atoms with Gasteiger partial charge in [0.15, 0.2) is 0 Å². The van der Waals surface area contributed by atoms with Crippen LogP contribution in [0, 0.1) is 19.8 Å². The number of aromatic nitrogens is 1. The number of carbonyl (C=O) groups is 1. The molecule has 0 saturated carbocycles. The van der Waals surface area contributed by atoms with E-state index in [-0.39, 0.29) is 23.4 Å². The maximum atomic E-state index is 13.3. The summed E-state index contributed by atoms with van der Waals surface area (Å²) >= 11 is 0. The molecule has 2 aliphatic heterocycles. The number of nitrogens with zero attached hydrogens (tertiary/aromatic N) is 2. The summed E-state index contributed by atoms with van der Waals surface area (Å²) in [4.78, 5) is 28.1. The zero-order valence-electron chi connectivity index (χ0n) is 16.7. The summed E-state index contributed by atoms with van der Waals surface area (Å²) in [5.41, 5.74) is 9.84. The number of hydrogen-bond acceptors (Lipinski definition) is 4. The Morgan fingerprint density at radius 2 is 1.93 bits per heavy atom. The molecule has 0 aliphatic carbocycles. The number of aryl methyl sites for hydroxylation is 2. The van der Waals surface area contributed by atoms with E-state index in [1.807, 2.05) is 49.9 Å². The monoisotopic (exact) mass is 380 g/mol. The lowest BCUT2D eigenvalue weighted by atomic mass is 9.85. The van der Waals surface area contributed by atoms with E-state index in [0.717, 1.165) is 17.7 Å². The number of hydrazine groups is 1. The molecule has 1 aromatic carbocycles. The van der Waals surface area contributed by atoms with Gasteiger partial charge in [0.1, 0.15) is 5.56 Å². The summed E-state index contributed by atoms with van der Waals surface area (Å²) in [5, 5.41) is 0. The molecule has 0 radical (unpaired) electrons. The third kappa shape index (κ3) is 3.16. The van der Waals surface area contributed by atoms with Crippen molar-refractivity contribution in [1.29, 1.82) is 0 Å². The van der Waals surface area contributed by atoms with Crippen LogP contribution in [-0.2, 0) is 6.54 Å². The van der Waals surface area contributed by atoms with Gasteiger partial charge in [0.2, 0.25) is 0 Å². The average molecular weight is 380 g/mol. The third-order valence-electron chi connectivity index (χ3n) is 6.19. The molecule has 2 aromatic rings. The van der Waals surface area contributed by atoms with E-state index in [9.17, 15) is 9.59 Å². The van der Waals surface area contributed by atoms with Crippen molar-refractivity contribution < 1.29 is 4.79 Å². The maximum absolute atomic E-state index is 13.3.